The molecule has 0 unspecified atom stereocenters. The van der Waals surface area contributed by atoms with E-state index in [2.05, 4.69) is 20.4 Å². The van der Waals surface area contributed by atoms with Crippen molar-refractivity contribution in [3.05, 3.63) is 59.4 Å². The maximum Gasteiger partial charge on any atom is 0.224 e. The van der Waals surface area contributed by atoms with E-state index in [4.69, 9.17) is 0 Å². The predicted molar refractivity (Wildman–Crippen MR) is 106 cm³/mol. The summed E-state index contributed by atoms with van der Waals surface area (Å²) in [5.74, 6) is 1.01. The number of nitrogens with one attached hydrogen (secondary N) is 1. The molecule has 0 aliphatic rings. The number of rotatable bonds is 6. The van der Waals surface area contributed by atoms with E-state index < -0.39 is 0 Å². The van der Waals surface area contributed by atoms with Crippen LogP contribution in [0.15, 0.2) is 36.7 Å². The van der Waals surface area contributed by atoms with Gasteiger partial charge < -0.3 is 10.2 Å². The van der Waals surface area contributed by atoms with Gasteiger partial charge in [-0.3, -0.25) is 4.79 Å². The molecular formula is C20H23FN6O. The van der Waals surface area contributed by atoms with Gasteiger partial charge in [0, 0.05) is 38.0 Å². The first-order valence-electron chi connectivity index (χ1n) is 8.95. The van der Waals surface area contributed by atoms with E-state index in [1.807, 2.05) is 38.9 Å². The van der Waals surface area contributed by atoms with Gasteiger partial charge >= 0.3 is 0 Å². The van der Waals surface area contributed by atoms with Crippen molar-refractivity contribution in [1.82, 2.24) is 19.7 Å². The van der Waals surface area contributed by atoms with Gasteiger partial charge in [0.2, 0.25) is 5.91 Å². The fourth-order valence-electron chi connectivity index (χ4n) is 2.95. The topological polar surface area (TPSA) is 75.9 Å². The van der Waals surface area contributed by atoms with Gasteiger partial charge in [0.05, 0.1) is 5.69 Å². The van der Waals surface area contributed by atoms with Crippen LogP contribution in [0.1, 0.15) is 23.4 Å². The predicted octanol–water partition coefficient (Wildman–Crippen LogP) is 3.06. The van der Waals surface area contributed by atoms with Crippen molar-refractivity contribution in [2.75, 3.05) is 24.3 Å². The van der Waals surface area contributed by atoms with Crippen molar-refractivity contribution < 1.29 is 9.18 Å². The molecule has 3 aromatic rings. The van der Waals surface area contributed by atoms with E-state index in [9.17, 15) is 9.18 Å². The average Bonchev–Trinajstić information content (AvgIpc) is 2.96. The first-order chi connectivity index (χ1) is 13.3. The minimum Gasteiger partial charge on any atom is -0.363 e. The second kappa shape index (κ2) is 8.16. The molecule has 0 bridgehead atoms. The van der Waals surface area contributed by atoms with Crippen LogP contribution in [0.25, 0.3) is 5.82 Å². The number of carbonyl (C=O) groups is 1. The van der Waals surface area contributed by atoms with Crippen LogP contribution in [0.4, 0.5) is 15.9 Å². The summed E-state index contributed by atoms with van der Waals surface area (Å²) in [6.07, 6.45) is 2.37. The van der Waals surface area contributed by atoms with Crippen molar-refractivity contribution in [3.8, 4) is 5.82 Å². The van der Waals surface area contributed by atoms with Crippen LogP contribution in [-0.2, 0) is 11.2 Å². The van der Waals surface area contributed by atoms with Gasteiger partial charge in [0.25, 0.3) is 0 Å². The highest BCUT2D eigenvalue weighted by molar-refractivity contribution is 5.90. The fraction of sp³-hybridized carbons (Fsp3) is 0.300. The maximum atomic E-state index is 13.0. The molecule has 0 spiro atoms. The summed E-state index contributed by atoms with van der Waals surface area (Å²) in [4.78, 5) is 22.7. The second-order valence-corrected chi connectivity index (χ2v) is 6.75. The van der Waals surface area contributed by atoms with Gasteiger partial charge in [0.1, 0.15) is 18.0 Å². The van der Waals surface area contributed by atoms with Crippen LogP contribution in [0.3, 0.4) is 0 Å². The van der Waals surface area contributed by atoms with Crippen molar-refractivity contribution in [3.63, 3.8) is 0 Å². The van der Waals surface area contributed by atoms with Gasteiger partial charge in [-0.15, -0.1) is 0 Å². The molecule has 2 heterocycles. The third-order valence-electron chi connectivity index (χ3n) is 4.48. The quantitative estimate of drug-likeness (QED) is 0.709. The number of carbonyl (C=O) groups excluding carboxylic acids is 1. The molecule has 1 N–H and O–H groups in total. The van der Waals surface area contributed by atoms with Crippen LogP contribution in [0, 0.1) is 19.7 Å². The van der Waals surface area contributed by atoms with Crippen molar-refractivity contribution in [1.29, 1.82) is 0 Å². The van der Waals surface area contributed by atoms with Gasteiger partial charge in [-0.05, 0) is 50.1 Å². The van der Waals surface area contributed by atoms with Gasteiger partial charge in [-0.1, -0.05) is 0 Å². The summed E-state index contributed by atoms with van der Waals surface area (Å²) in [5.41, 5.74) is 3.39. The molecule has 0 radical (unpaired) electrons. The zero-order chi connectivity index (χ0) is 20.3. The number of hydrogen-bond donors (Lipinski definition) is 1. The molecule has 1 aromatic carbocycles. The zero-order valence-electron chi connectivity index (χ0n) is 16.4. The Morgan fingerprint density at radius 1 is 1.18 bits per heavy atom. The number of benzene rings is 1. The first-order valence-corrected chi connectivity index (χ1v) is 8.95. The van der Waals surface area contributed by atoms with Crippen LogP contribution in [0.2, 0.25) is 0 Å². The standard InChI is InChI=1S/C20H23FN6O/c1-13-17(9-10-20(28)24-16-7-5-15(21)6-8-16)14(2)27(25-13)19-11-18(26(3)4)22-12-23-19/h5-8,11-12H,9-10H2,1-4H3,(H,24,28). The van der Waals surface area contributed by atoms with E-state index in [0.29, 0.717) is 24.3 Å². The van der Waals surface area contributed by atoms with E-state index in [1.54, 1.807) is 16.8 Å². The van der Waals surface area contributed by atoms with Gasteiger partial charge in [-0.25, -0.2) is 19.0 Å². The first kappa shape index (κ1) is 19.5. The monoisotopic (exact) mass is 382 g/mol. The van der Waals surface area contributed by atoms with Crippen LogP contribution in [-0.4, -0.2) is 39.8 Å². The zero-order valence-corrected chi connectivity index (χ0v) is 16.4. The van der Waals surface area contributed by atoms with Crippen LogP contribution >= 0.6 is 0 Å². The molecule has 0 fully saturated rings. The van der Waals surface area contributed by atoms with Crippen LogP contribution in [0.5, 0.6) is 0 Å². The summed E-state index contributed by atoms with van der Waals surface area (Å²) in [6, 6.07) is 7.58. The number of halogens is 1. The van der Waals surface area contributed by atoms with E-state index in [0.717, 1.165) is 22.8 Å². The van der Waals surface area contributed by atoms with Crippen LogP contribution < -0.4 is 10.2 Å². The molecule has 0 saturated heterocycles. The molecular weight excluding hydrogens is 359 g/mol. The smallest absolute Gasteiger partial charge is 0.224 e. The number of amides is 1. The largest absolute Gasteiger partial charge is 0.363 e. The molecule has 3 rings (SSSR count). The van der Waals surface area contributed by atoms with E-state index in [-0.39, 0.29) is 11.7 Å². The third kappa shape index (κ3) is 4.33. The molecule has 0 saturated carbocycles. The summed E-state index contributed by atoms with van der Waals surface area (Å²) in [6.45, 7) is 3.88. The second-order valence-electron chi connectivity index (χ2n) is 6.75. The maximum absolute atomic E-state index is 13.0. The summed E-state index contributed by atoms with van der Waals surface area (Å²) in [5, 5.41) is 7.36. The molecule has 28 heavy (non-hydrogen) atoms. The van der Waals surface area contributed by atoms with Gasteiger partial charge in [0.15, 0.2) is 5.82 Å². The number of hydrogen-bond acceptors (Lipinski definition) is 5. The number of nitrogens with zero attached hydrogens (tertiary/aromatic N) is 5. The van der Waals surface area contributed by atoms with Gasteiger partial charge in [-0.2, -0.15) is 5.10 Å². The normalized spacial score (nSPS) is 10.8. The highest BCUT2D eigenvalue weighted by Crippen LogP contribution is 2.20. The molecule has 146 valence electrons. The Morgan fingerprint density at radius 2 is 1.89 bits per heavy atom. The van der Waals surface area contributed by atoms with Crippen molar-refractivity contribution in [2.24, 2.45) is 0 Å². The molecule has 7 nitrogen and oxygen atoms in total. The Labute approximate surface area is 163 Å². The minimum atomic E-state index is -0.334. The summed E-state index contributed by atoms with van der Waals surface area (Å²) < 4.78 is 14.7. The Morgan fingerprint density at radius 3 is 2.57 bits per heavy atom. The fourth-order valence-corrected chi connectivity index (χ4v) is 2.95. The third-order valence-corrected chi connectivity index (χ3v) is 4.48. The molecule has 8 heteroatoms. The Kier molecular flexibility index (Phi) is 5.67. The molecule has 1 amide bonds. The average molecular weight is 382 g/mol. The number of aromatic nitrogens is 4. The van der Waals surface area contributed by atoms with Crippen molar-refractivity contribution in [2.45, 2.75) is 26.7 Å². The minimum absolute atomic E-state index is 0.130. The highest BCUT2D eigenvalue weighted by Gasteiger charge is 2.15. The Bertz CT molecular complexity index is 981. The van der Waals surface area contributed by atoms with Crippen molar-refractivity contribution >= 4 is 17.4 Å². The lowest BCUT2D eigenvalue weighted by atomic mass is 10.1. The highest BCUT2D eigenvalue weighted by atomic mass is 19.1. The molecule has 0 aliphatic carbocycles. The molecule has 0 atom stereocenters. The lowest BCUT2D eigenvalue weighted by Crippen LogP contribution is -2.13. The Balaban J connectivity index is 1.72. The summed E-state index contributed by atoms with van der Waals surface area (Å²) in [7, 11) is 3.83. The Hall–Kier alpha value is -3.29. The van der Waals surface area contributed by atoms with E-state index in [1.165, 1.54) is 18.5 Å². The number of anilines is 2. The molecule has 0 aliphatic heterocycles. The lowest BCUT2D eigenvalue weighted by Gasteiger charge is -2.12. The SMILES string of the molecule is Cc1nn(-c2cc(N(C)C)ncn2)c(C)c1CCC(=O)Nc1ccc(F)cc1. The van der Waals surface area contributed by atoms with E-state index >= 15 is 0 Å². The summed E-state index contributed by atoms with van der Waals surface area (Å²) >= 11 is 0. The lowest BCUT2D eigenvalue weighted by molar-refractivity contribution is -0.116. The number of aryl methyl sites for hydroxylation is 1. The molecule has 2 aromatic heterocycles.